The van der Waals surface area contributed by atoms with Crippen LogP contribution in [0.5, 0.6) is 0 Å². The van der Waals surface area contributed by atoms with Crippen LogP contribution in [-0.2, 0) is 13.2 Å². The lowest BCUT2D eigenvalue weighted by Gasteiger charge is -2.20. The third-order valence-electron chi connectivity index (χ3n) is 6.12. The van der Waals surface area contributed by atoms with Gasteiger partial charge in [-0.15, -0.1) is 0 Å². The van der Waals surface area contributed by atoms with Gasteiger partial charge in [-0.2, -0.15) is 18.3 Å². The lowest BCUT2D eigenvalue weighted by molar-refractivity contribution is -0.137. The van der Waals surface area contributed by atoms with Gasteiger partial charge in [0.05, 0.1) is 34.4 Å². The summed E-state index contributed by atoms with van der Waals surface area (Å²) in [4.78, 5) is 28.5. The van der Waals surface area contributed by atoms with Crippen LogP contribution >= 0.6 is 11.6 Å². The van der Waals surface area contributed by atoms with E-state index in [1.54, 1.807) is 36.1 Å². The number of nitrogens with one attached hydrogen (secondary N) is 1. The standard InChI is InChI=1S/C26H18ClF3N4O4/c1-12(32-18-5-6-22(27)33-23(18)25(36)37)16-8-15(26(28,29)30)9-17-20(35)10-21(38-24(16)17)13-3-4-14-11-31-34(2)19(14)7-13/h3-12,32H,1-2H3,(H,36,37). The summed E-state index contributed by atoms with van der Waals surface area (Å²) in [5.74, 6) is -1.23. The minimum atomic E-state index is -4.74. The fourth-order valence-electron chi connectivity index (χ4n) is 4.24. The summed E-state index contributed by atoms with van der Waals surface area (Å²) in [6.07, 6.45) is -3.07. The second-order valence-electron chi connectivity index (χ2n) is 8.66. The van der Waals surface area contributed by atoms with Crippen molar-refractivity contribution in [3.63, 3.8) is 0 Å². The van der Waals surface area contributed by atoms with Crippen LogP contribution in [0.25, 0.3) is 33.2 Å². The van der Waals surface area contributed by atoms with Gasteiger partial charge in [0, 0.05) is 29.6 Å². The Morgan fingerprint density at radius 2 is 1.92 bits per heavy atom. The Morgan fingerprint density at radius 3 is 2.63 bits per heavy atom. The van der Waals surface area contributed by atoms with Crippen molar-refractivity contribution < 1.29 is 27.5 Å². The van der Waals surface area contributed by atoms with Crippen LogP contribution in [0.1, 0.15) is 34.6 Å². The number of alkyl halides is 3. The number of benzene rings is 2. The number of carboxylic acid groups (broad SMARTS) is 1. The Balaban J connectivity index is 1.70. The first-order chi connectivity index (χ1) is 17.9. The Labute approximate surface area is 217 Å². The number of carbonyl (C=O) groups is 1. The normalized spacial score (nSPS) is 12.7. The van der Waals surface area contributed by atoms with E-state index in [0.717, 1.165) is 29.1 Å². The summed E-state index contributed by atoms with van der Waals surface area (Å²) in [6.45, 7) is 1.52. The van der Waals surface area contributed by atoms with Crippen LogP contribution in [0.3, 0.4) is 0 Å². The van der Waals surface area contributed by atoms with Gasteiger partial charge in [-0.05, 0) is 37.3 Å². The molecule has 3 aromatic heterocycles. The number of aromatic nitrogens is 3. The summed E-state index contributed by atoms with van der Waals surface area (Å²) < 4.78 is 49.0. The summed E-state index contributed by atoms with van der Waals surface area (Å²) in [5.41, 5.74) is -0.854. The highest BCUT2D eigenvalue weighted by Gasteiger charge is 2.33. The van der Waals surface area contributed by atoms with Crippen LogP contribution in [0.4, 0.5) is 18.9 Å². The molecule has 38 heavy (non-hydrogen) atoms. The van der Waals surface area contributed by atoms with Crippen molar-refractivity contribution >= 4 is 45.1 Å². The maximum Gasteiger partial charge on any atom is 0.416 e. The third kappa shape index (κ3) is 4.56. The number of hydrogen-bond donors (Lipinski definition) is 2. The number of carboxylic acids is 1. The van der Waals surface area contributed by atoms with Gasteiger partial charge in [0.2, 0.25) is 0 Å². The predicted octanol–water partition coefficient (Wildman–Crippen LogP) is 6.29. The van der Waals surface area contributed by atoms with Gasteiger partial charge >= 0.3 is 12.1 Å². The average Bonchev–Trinajstić information content (AvgIpc) is 3.23. The topological polar surface area (TPSA) is 110 Å². The number of nitrogens with zero attached hydrogens (tertiary/aromatic N) is 3. The molecule has 2 N–H and O–H groups in total. The highest BCUT2D eigenvalue weighted by molar-refractivity contribution is 6.29. The van der Waals surface area contributed by atoms with E-state index in [4.69, 9.17) is 16.0 Å². The number of fused-ring (bicyclic) bond motifs is 2. The number of halogens is 4. The zero-order valence-corrected chi connectivity index (χ0v) is 20.6. The molecule has 0 saturated carbocycles. The minimum Gasteiger partial charge on any atom is -0.476 e. The quantitative estimate of drug-likeness (QED) is 0.251. The van der Waals surface area contributed by atoms with E-state index >= 15 is 0 Å². The van der Waals surface area contributed by atoms with Crippen molar-refractivity contribution in [2.24, 2.45) is 7.05 Å². The summed E-state index contributed by atoms with van der Waals surface area (Å²) in [7, 11) is 1.75. The van der Waals surface area contributed by atoms with Gasteiger partial charge in [-0.25, -0.2) is 9.78 Å². The third-order valence-corrected chi connectivity index (χ3v) is 6.33. The number of anilines is 1. The number of aromatic carboxylic acids is 1. The molecule has 0 spiro atoms. The number of aryl methyl sites for hydroxylation is 1. The van der Waals surface area contributed by atoms with Crippen LogP contribution < -0.4 is 10.7 Å². The molecule has 0 aliphatic rings. The lowest BCUT2D eigenvalue weighted by atomic mass is 9.99. The molecule has 0 radical (unpaired) electrons. The second kappa shape index (κ2) is 9.18. The van der Waals surface area contributed by atoms with Crippen molar-refractivity contribution in [2.75, 3.05) is 5.32 Å². The molecule has 5 rings (SSSR count). The molecule has 0 saturated heterocycles. The Morgan fingerprint density at radius 1 is 1.16 bits per heavy atom. The number of hydrogen-bond acceptors (Lipinski definition) is 6. The zero-order valence-electron chi connectivity index (χ0n) is 19.8. The summed E-state index contributed by atoms with van der Waals surface area (Å²) in [6, 6.07) is 9.82. The first-order valence-corrected chi connectivity index (χ1v) is 11.6. The SMILES string of the molecule is CC(Nc1ccc(Cl)nc1C(=O)O)c1cc(C(F)(F)F)cc2c(=O)cc(-c3ccc4cnn(C)c4c3)oc12. The molecule has 3 heterocycles. The van der Waals surface area contributed by atoms with Crippen molar-refractivity contribution in [2.45, 2.75) is 19.1 Å². The molecule has 0 aliphatic carbocycles. The fraction of sp³-hybridized carbons (Fsp3) is 0.154. The molecule has 1 atom stereocenters. The van der Waals surface area contributed by atoms with E-state index < -0.39 is 34.9 Å². The van der Waals surface area contributed by atoms with E-state index in [2.05, 4.69) is 15.4 Å². The van der Waals surface area contributed by atoms with Crippen molar-refractivity contribution in [3.8, 4) is 11.3 Å². The maximum absolute atomic E-state index is 13.8. The van der Waals surface area contributed by atoms with Crippen LogP contribution in [0.15, 0.2) is 63.9 Å². The minimum absolute atomic E-state index is 0.00155. The molecule has 0 aliphatic heterocycles. The van der Waals surface area contributed by atoms with Gasteiger partial charge in [-0.1, -0.05) is 23.7 Å². The molecular formula is C26H18ClF3N4O4. The molecular weight excluding hydrogens is 525 g/mol. The van der Waals surface area contributed by atoms with E-state index in [9.17, 15) is 27.9 Å². The lowest BCUT2D eigenvalue weighted by Crippen LogP contribution is -2.15. The van der Waals surface area contributed by atoms with Crippen LogP contribution in [0.2, 0.25) is 5.15 Å². The molecule has 1 unspecified atom stereocenters. The average molecular weight is 543 g/mol. The second-order valence-corrected chi connectivity index (χ2v) is 9.05. The van der Waals surface area contributed by atoms with Crippen LogP contribution in [0, 0.1) is 0 Å². The Bertz CT molecular complexity index is 1800. The molecule has 5 aromatic rings. The van der Waals surface area contributed by atoms with E-state index in [1.165, 1.54) is 19.1 Å². The molecule has 0 fully saturated rings. The number of rotatable bonds is 5. The first-order valence-electron chi connectivity index (χ1n) is 11.2. The van der Waals surface area contributed by atoms with E-state index in [0.29, 0.717) is 5.56 Å². The van der Waals surface area contributed by atoms with Gasteiger partial charge in [0.25, 0.3) is 0 Å². The van der Waals surface area contributed by atoms with E-state index in [1.807, 2.05) is 0 Å². The van der Waals surface area contributed by atoms with E-state index in [-0.39, 0.29) is 33.1 Å². The fourth-order valence-corrected chi connectivity index (χ4v) is 4.38. The molecule has 0 amide bonds. The van der Waals surface area contributed by atoms with Gasteiger partial charge in [0.1, 0.15) is 16.5 Å². The molecule has 2 aromatic carbocycles. The Hall–Kier alpha value is -4.38. The van der Waals surface area contributed by atoms with Crippen molar-refractivity contribution in [1.29, 1.82) is 0 Å². The van der Waals surface area contributed by atoms with Crippen molar-refractivity contribution in [3.05, 3.63) is 86.9 Å². The molecule has 194 valence electrons. The largest absolute Gasteiger partial charge is 0.476 e. The van der Waals surface area contributed by atoms with Gasteiger partial charge in [-0.3, -0.25) is 9.48 Å². The monoisotopic (exact) mass is 542 g/mol. The molecule has 8 nitrogen and oxygen atoms in total. The molecule has 12 heteroatoms. The van der Waals surface area contributed by atoms with Gasteiger partial charge in [0.15, 0.2) is 11.1 Å². The summed E-state index contributed by atoms with van der Waals surface area (Å²) >= 11 is 5.81. The van der Waals surface area contributed by atoms with Crippen molar-refractivity contribution in [1.82, 2.24) is 14.8 Å². The Kier molecular flexibility index (Phi) is 6.10. The summed E-state index contributed by atoms with van der Waals surface area (Å²) in [5, 5.41) is 17.1. The maximum atomic E-state index is 13.8. The highest BCUT2D eigenvalue weighted by atomic mass is 35.5. The molecule has 0 bridgehead atoms. The zero-order chi connectivity index (χ0) is 27.4. The highest BCUT2D eigenvalue weighted by Crippen LogP contribution is 2.37. The smallest absolute Gasteiger partial charge is 0.416 e. The number of pyridine rings is 1. The predicted molar refractivity (Wildman–Crippen MR) is 135 cm³/mol. The first kappa shape index (κ1) is 25.3. The van der Waals surface area contributed by atoms with Gasteiger partial charge < -0.3 is 14.8 Å². The van der Waals surface area contributed by atoms with Crippen LogP contribution in [-0.4, -0.2) is 25.8 Å².